The Hall–Kier alpha value is -2.75. The molecule has 0 spiro atoms. The third kappa shape index (κ3) is 3.23. The number of benzene rings is 2. The largest absolute Gasteiger partial charge is 0.454 e. The Kier molecular flexibility index (Phi) is 3.60. The maximum absolute atomic E-state index is 11.8. The number of esters is 1. The fourth-order valence-corrected chi connectivity index (χ4v) is 1.93. The molecule has 21 heavy (non-hydrogen) atoms. The first-order valence-electron chi connectivity index (χ1n) is 6.57. The highest BCUT2D eigenvalue weighted by molar-refractivity contribution is 5.88. The van der Waals surface area contributed by atoms with Crippen molar-refractivity contribution in [2.45, 2.75) is 6.92 Å². The summed E-state index contributed by atoms with van der Waals surface area (Å²) in [5.74, 6) is 1.24. The highest BCUT2D eigenvalue weighted by Gasteiger charge is 2.14. The van der Waals surface area contributed by atoms with Crippen LogP contribution >= 0.6 is 0 Å². The van der Waals surface area contributed by atoms with Crippen molar-refractivity contribution in [2.75, 3.05) is 6.79 Å². The van der Waals surface area contributed by atoms with Gasteiger partial charge in [-0.25, -0.2) is 4.79 Å². The summed E-state index contributed by atoms with van der Waals surface area (Å²) >= 11 is 0. The van der Waals surface area contributed by atoms with Crippen molar-refractivity contribution in [1.82, 2.24) is 0 Å². The van der Waals surface area contributed by atoms with Crippen molar-refractivity contribution in [3.05, 3.63) is 59.7 Å². The summed E-state index contributed by atoms with van der Waals surface area (Å²) in [5.41, 5.74) is 2.12. The van der Waals surface area contributed by atoms with Gasteiger partial charge in [0.25, 0.3) is 0 Å². The molecule has 1 aliphatic heterocycles. The van der Waals surface area contributed by atoms with E-state index in [1.807, 2.05) is 31.2 Å². The first-order chi connectivity index (χ1) is 10.2. The first-order valence-corrected chi connectivity index (χ1v) is 6.57. The van der Waals surface area contributed by atoms with Crippen LogP contribution in [-0.4, -0.2) is 12.8 Å². The number of carbonyl (C=O) groups excluding carboxylic acids is 1. The zero-order chi connectivity index (χ0) is 14.7. The molecule has 0 aliphatic carbocycles. The Morgan fingerprint density at radius 1 is 1.10 bits per heavy atom. The summed E-state index contributed by atoms with van der Waals surface area (Å²) < 4.78 is 15.7. The van der Waals surface area contributed by atoms with Gasteiger partial charge in [0, 0.05) is 12.1 Å². The van der Waals surface area contributed by atoms with Gasteiger partial charge in [-0.2, -0.15) is 0 Å². The number of ether oxygens (including phenoxy) is 3. The number of aryl methyl sites for hydroxylation is 1. The van der Waals surface area contributed by atoms with Crippen LogP contribution in [-0.2, 0) is 4.79 Å². The van der Waals surface area contributed by atoms with Gasteiger partial charge in [-0.15, -0.1) is 0 Å². The van der Waals surface area contributed by atoms with Crippen molar-refractivity contribution in [2.24, 2.45) is 0 Å². The molecule has 0 aromatic heterocycles. The zero-order valence-corrected chi connectivity index (χ0v) is 11.5. The van der Waals surface area contributed by atoms with Crippen LogP contribution in [0.5, 0.6) is 17.2 Å². The summed E-state index contributed by atoms with van der Waals surface area (Å²) in [4.78, 5) is 11.8. The van der Waals surface area contributed by atoms with E-state index in [9.17, 15) is 4.79 Å². The Bertz CT molecular complexity index is 686. The minimum atomic E-state index is -0.436. The first kappa shape index (κ1) is 13.2. The minimum absolute atomic E-state index is 0.195. The molecule has 1 heterocycles. The van der Waals surface area contributed by atoms with Crippen LogP contribution in [0.4, 0.5) is 0 Å². The Labute approximate surface area is 122 Å². The smallest absolute Gasteiger partial charge is 0.336 e. The monoisotopic (exact) mass is 282 g/mol. The molecule has 0 amide bonds. The van der Waals surface area contributed by atoms with Crippen molar-refractivity contribution in [3.63, 3.8) is 0 Å². The van der Waals surface area contributed by atoms with Crippen LogP contribution in [0.25, 0.3) is 6.08 Å². The highest BCUT2D eigenvalue weighted by Crippen LogP contribution is 2.35. The third-order valence-electron chi connectivity index (χ3n) is 3.05. The normalized spacial score (nSPS) is 12.6. The van der Waals surface area contributed by atoms with Crippen LogP contribution < -0.4 is 14.2 Å². The van der Waals surface area contributed by atoms with Gasteiger partial charge in [0.05, 0.1) is 0 Å². The van der Waals surface area contributed by atoms with Gasteiger partial charge in [-0.3, -0.25) is 0 Å². The van der Waals surface area contributed by atoms with Crippen LogP contribution in [0.15, 0.2) is 48.5 Å². The van der Waals surface area contributed by atoms with E-state index in [1.165, 1.54) is 11.6 Å². The summed E-state index contributed by atoms with van der Waals surface area (Å²) in [6.07, 6.45) is 3.12. The molecule has 0 saturated carbocycles. The third-order valence-corrected chi connectivity index (χ3v) is 3.05. The van der Waals surface area contributed by atoms with Crippen LogP contribution in [0.1, 0.15) is 11.1 Å². The van der Waals surface area contributed by atoms with Crippen LogP contribution in [0.3, 0.4) is 0 Å². The molecule has 0 N–H and O–H groups in total. The van der Waals surface area contributed by atoms with E-state index in [2.05, 4.69) is 0 Å². The molecular formula is C17H14O4. The van der Waals surface area contributed by atoms with Gasteiger partial charge in [-0.1, -0.05) is 29.8 Å². The van der Waals surface area contributed by atoms with Gasteiger partial charge in [0.1, 0.15) is 5.75 Å². The van der Waals surface area contributed by atoms with Crippen LogP contribution in [0, 0.1) is 6.92 Å². The molecule has 0 bridgehead atoms. The second kappa shape index (κ2) is 5.71. The average molecular weight is 282 g/mol. The molecular weight excluding hydrogens is 268 g/mol. The van der Waals surface area contributed by atoms with E-state index in [-0.39, 0.29) is 6.79 Å². The van der Waals surface area contributed by atoms with Crippen molar-refractivity contribution in [1.29, 1.82) is 0 Å². The number of hydrogen-bond donors (Lipinski definition) is 0. The molecule has 0 radical (unpaired) electrons. The zero-order valence-electron chi connectivity index (χ0n) is 11.5. The highest BCUT2D eigenvalue weighted by atomic mass is 16.7. The fourth-order valence-electron chi connectivity index (χ4n) is 1.93. The molecule has 0 fully saturated rings. The van der Waals surface area contributed by atoms with Crippen molar-refractivity contribution >= 4 is 12.0 Å². The molecule has 1 aliphatic rings. The maximum atomic E-state index is 11.8. The molecule has 0 atom stereocenters. The molecule has 4 heteroatoms. The number of fused-ring (bicyclic) bond motifs is 1. The molecule has 3 rings (SSSR count). The Morgan fingerprint density at radius 2 is 1.86 bits per heavy atom. The van der Waals surface area contributed by atoms with E-state index in [0.717, 1.165) is 5.56 Å². The van der Waals surface area contributed by atoms with E-state index in [1.54, 1.807) is 24.3 Å². The number of carbonyl (C=O) groups is 1. The molecule has 2 aromatic rings. The summed E-state index contributed by atoms with van der Waals surface area (Å²) in [7, 11) is 0. The quantitative estimate of drug-likeness (QED) is 0.492. The van der Waals surface area contributed by atoms with E-state index in [4.69, 9.17) is 14.2 Å². The van der Waals surface area contributed by atoms with Gasteiger partial charge < -0.3 is 14.2 Å². The predicted molar refractivity (Wildman–Crippen MR) is 78.4 cm³/mol. The lowest BCUT2D eigenvalue weighted by Gasteiger charge is -2.02. The Morgan fingerprint density at radius 3 is 2.67 bits per heavy atom. The van der Waals surface area contributed by atoms with E-state index in [0.29, 0.717) is 17.2 Å². The van der Waals surface area contributed by atoms with Crippen molar-refractivity contribution < 1.29 is 19.0 Å². The average Bonchev–Trinajstić information content (AvgIpc) is 2.94. The Balaban J connectivity index is 1.65. The van der Waals surface area contributed by atoms with Gasteiger partial charge >= 0.3 is 5.97 Å². The van der Waals surface area contributed by atoms with Crippen molar-refractivity contribution in [3.8, 4) is 17.2 Å². The molecule has 2 aromatic carbocycles. The fraction of sp³-hybridized carbons (Fsp3) is 0.118. The van der Waals surface area contributed by atoms with Gasteiger partial charge in [0.2, 0.25) is 6.79 Å². The molecule has 0 unspecified atom stereocenters. The van der Waals surface area contributed by atoms with Gasteiger partial charge in [-0.05, 0) is 30.7 Å². The van der Waals surface area contributed by atoms with Gasteiger partial charge in [0.15, 0.2) is 11.5 Å². The summed E-state index contributed by atoms with van der Waals surface area (Å²) in [5, 5.41) is 0. The SMILES string of the molecule is Cc1ccc(/C=C/C(=O)Oc2ccc3c(c2)OCO3)cc1. The maximum Gasteiger partial charge on any atom is 0.336 e. The van der Waals surface area contributed by atoms with E-state index >= 15 is 0 Å². The van der Waals surface area contributed by atoms with E-state index < -0.39 is 5.97 Å². The second-order valence-electron chi connectivity index (χ2n) is 4.68. The number of hydrogen-bond acceptors (Lipinski definition) is 4. The molecule has 4 nitrogen and oxygen atoms in total. The lowest BCUT2D eigenvalue weighted by atomic mass is 10.1. The summed E-state index contributed by atoms with van der Waals surface area (Å²) in [6, 6.07) is 12.9. The lowest BCUT2D eigenvalue weighted by molar-refractivity contribution is -0.128. The molecule has 0 saturated heterocycles. The number of rotatable bonds is 3. The standard InChI is InChI=1S/C17H14O4/c1-12-2-4-13(5-3-12)6-9-17(18)21-14-7-8-15-16(10-14)20-11-19-15/h2-10H,11H2,1H3/b9-6+. The lowest BCUT2D eigenvalue weighted by Crippen LogP contribution is -2.03. The molecule has 106 valence electrons. The predicted octanol–water partition coefficient (Wildman–Crippen LogP) is 3.34. The van der Waals surface area contributed by atoms with Crippen LogP contribution in [0.2, 0.25) is 0 Å². The second-order valence-corrected chi connectivity index (χ2v) is 4.68. The minimum Gasteiger partial charge on any atom is -0.454 e. The topological polar surface area (TPSA) is 44.8 Å². The summed E-state index contributed by atoms with van der Waals surface area (Å²) in [6.45, 7) is 2.21.